The highest BCUT2D eigenvalue weighted by Gasteiger charge is 2.39. The fourth-order valence-corrected chi connectivity index (χ4v) is 4.18. The summed E-state index contributed by atoms with van der Waals surface area (Å²) in [6.45, 7) is 6.75. The summed E-state index contributed by atoms with van der Waals surface area (Å²) in [7, 11) is 0. The van der Waals surface area contributed by atoms with Gasteiger partial charge in [0.1, 0.15) is 5.82 Å². The summed E-state index contributed by atoms with van der Waals surface area (Å²) in [5.74, 6) is 1.14. The summed E-state index contributed by atoms with van der Waals surface area (Å²) >= 11 is 0. The number of hydrogen-bond donors (Lipinski definition) is 1. The van der Waals surface area contributed by atoms with Gasteiger partial charge in [0, 0.05) is 32.5 Å². The highest BCUT2D eigenvalue weighted by atomic mass is 16.5. The van der Waals surface area contributed by atoms with Gasteiger partial charge in [0.15, 0.2) is 0 Å². The molecule has 0 atom stereocenters. The predicted octanol–water partition coefficient (Wildman–Crippen LogP) is 3.28. The third kappa shape index (κ3) is 3.17. The summed E-state index contributed by atoms with van der Waals surface area (Å²) in [4.78, 5) is 22.6. The van der Waals surface area contributed by atoms with Crippen molar-refractivity contribution in [3.8, 4) is 0 Å². The first kappa shape index (κ1) is 16.6. The molecule has 0 radical (unpaired) electrons. The molecule has 1 spiro atoms. The van der Waals surface area contributed by atoms with E-state index in [0.717, 1.165) is 55.8 Å². The maximum absolute atomic E-state index is 12.6. The van der Waals surface area contributed by atoms with Gasteiger partial charge in [-0.1, -0.05) is 6.07 Å². The normalized spacial score (nSPS) is 19.8. The van der Waals surface area contributed by atoms with Crippen LogP contribution in [0.25, 0.3) is 11.0 Å². The third-order valence-electron chi connectivity index (χ3n) is 6.02. The second-order valence-corrected chi connectivity index (χ2v) is 7.60. The summed E-state index contributed by atoms with van der Waals surface area (Å²) in [5, 5.41) is 0. The maximum Gasteiger partial charge on any atom is 0.223 e. The zero-order valence-corrected chi connectivity index (χ0v) is 15.2. The van der Waals surface area contributed by atoms with E-state index in [2.05, 4.69) is 31.0 Å². The highest BCUT2D eigenvalue weighted by molar-refractivity contribution is 5.80. The van der Waals surface area contributed by atoms with E-state index in [0.29, 0.717) is 12.8 Å². The van der Waals surface area contributed by atoms with Gasteiger partial charge in [-0.25, -0.2) is 4.98 Å². The van der Waals surface area contributed by atoms with Crippen LogP contribution in [0.15, 0.2) is 12.1 Å². The van der Waals surface area contributed by atoms with E-state index in [1.165, 1.54) is 17.5 Å². The standard InChI is InChI=1S/C20H27N3O2/c1-14-4-5-16-19(15(14)2)22-17(21-16)6-7-18(24)23-11-9-20(10-12-23)8-3-13-25-20/h4-5H,3,6-13H2,1-2H3,(H,21,22). The fourth-order valence-electron chi connectivity index (χ4n) is 4.18. The number of benzene rings is 1. The lowest BCUT2D eigenvalue weighted by Gasteiger charge is -2.38. The molecule has 0 saturated carbocycles. The average molecular weight is 341 g/mol. The number of carbonyl (C=O) groups is 1. The molecule has 0 bridgehead atoms. The Morgan fingerprint density at radius 3 is 2.80 bits per heavy atom. The molecule has 1 aromatic heterocycles. The van der Waals surface area contributed by atoms with Crippen molar-refractivity contribution >= 4 is 16.9 Å². The van der Waals surface area contributed by atoms with Gasteiger partial charge in [0.2, 0.25) is 5.91 Å². The van der Waals surface area contributed by atoms with Crippen molar-refractivity contribution in [2.75, 3.05) is 19.7 Å². The van der Waals surface area contributed by atoms with Crippen molar-refractivity contribution < 1.29 is 9.53 Å². The van der Waals surface area contributed by atoms with Gasteiger partial charge in [-0.05, 0) is 56.7 Å². The number of imidazole rings is 1. The fraction of sp³-hybridized carbons (Fsp3) is 0.600. The molecule has 2 aromatic rings. The Balaban J connectivity index is 1.35. The summed E-state index contributed by atoms with van der Waals surface area (Å²) < 4.78 is 5.94. The Morgan fingerprint density at radius 1 is 1.28 bits per heavy atom. The number of aryl methyl sites for hydroxylation is 3. The molecular weight excluding hydrogens is 314 g/mol. The molecule has 0 unspecified atom stereocenters. The van der Waals surface area contributed by atoms with Crippen LogP contribution in [-0.2, 0) is 16.0 Å². The zero-order chi connectivity index (χ0) is 17.4. The molecule has 134 valence electrons. The van der Waals surface area contributed by atoms with Crippen molar-refractivity contribution in [1.29, 1.82) is 0 Å². The van der Waals surface area contributed by atoms with Crippen LogP contribution in [0.4, 0.5) is 0 Å². The Labute approximate surface area is 148 Å². The van der Waals surface area contributed by atoms with Gasteiger partial charge < -0.3 is 14.6 Å². The largest absolute Gasteiger partial charge is 0.375 e. The number of nitrogens with zero attached hydrogens (tertiary/aromatic N) is 2. The number of aromatic nitrogens is 2. The molecule has 2 fully saturated rings. The molecule has 3 heterocycles. The summed E-state index contributed by atoms with van der Waals surface area (Å²) in [5.41, 5.74) is 4.62. The number of ether oxygens (including phenoxy) is 1. The van der Waals surface area contributed by atoms with E-state index in [-0.39, 0.29) is 11.5 Å². The van der Waals surface area contributed by atoms with Gasteiger partial charge in [-0.2, -0.15) is 0 Å². The maximum atomic E-state index is 12.6. The molecule has 2 aliphatic rings. The molecule has 4 rings (SSSR count). The number of rotatable bonds is 3. The van der Waals surface area contributed by atoms with Gasteiger partial charge in [0.05, 0.1) is 16.6 Å². The third-order valence-corrected chi connectivity index (χ3v) is 6.02. The van der Waals surface area contributed by atoms with Crippen LogP contribution in [0, 0.1) is 13.8 Å². The second kappa shape index (κ2) is 6.45. The highest BCUT2D eigenvalue weighted by Crippen LogP contribution is 2.35. The lowest BCUT2D eigenvalue weighted by Crippen LogP contribution is -2.46. The molecule has 25 heavy (non-hydrogen) atoms. The van der Waals surface area contributed by atoms with E-state index >= 15 is 0 Å². The zero-order valence-electron chi connectivity index (χ0n) is 15.2. The van der Waals surface area contributed by atoms with E-state index in [9.17, 15) is 4.79 Å². The molecule has 1 N–H and O–H groups in total. The molecule has 1 aromatic carbocycles. The van der Waals surface area contributed by atoms with Gasteiger partial charge in [-0.3, -0.25) is 4.79 Å². The molecule has 1 amide bonds. The lowest BCUT2D eigenvalue weighted by atomic mass is 9.88. The number of carbonyl (C=O) groups excluding carboxylic acids is 1. The van der Waals surface area contributed by atoms with Crippen LogP contribution < -0.4 is 0 Å². The number of H-pyrrole nitrogens is 1. The minimum absolute atomic E-state index is 0.0743. The van der Waals surface area contributed by atoms with E-state index in [4.69, 9.17) is 9.72 Å². The van der Waals surface area contributed by atoms with Crippen molar-refractivity contribution in [2.24, 2.45) is 0 Å². The van der Waals surface area contributed by atoms with Crippen molar-refractivity contribution in [3.05, 3.63) is 29.1 Å². The number of hydrogen-bond acceptors (Lipinski definition) is 3. The Hall–Kier alpha value is -1.88. The quantitative estimate of drug-likeness (QED) is 0.932. The van der Waals surface area contributed by atoms with Gasteiger partial charge in [0.25, 0.3) is 0 Å². The van der Waals surface area contributed by atoms with E-state index in [1.54, 1.807) is 0 Å². The first-order chi connectivity index (χ1) is 12.1. The number of fused-ring (bicyclic) bond motifs is 1. The smallest absolute Gasteiger partial charge is 0.223 e. The SMILES string of the molecule is Cc1ccc2[nH]c(CCC(=O)N3CCC4(CCCO4)CC3)nc2c1C. The molecule has 2 saturated heterocycles. The van der Waals surface area contributed by atoms with Gasteiger partial charge in [-0.15, -0.1) is 0 Å². The molecular formula is C20H27N3O2. The molecule has 0 aliphatic carbocycles. The minimum atomic E-state index is 0.0743. The van der Waals surface area contributed by atoms with Crippen LogP contribution in [0.2, 0.25) is 0 Å². The number of amides is 1. The van der Waals surface area contributed by atoms with Crippen molar-refractivity contribution in [1.82, 2.24) is 14.9 Å². The Morgan fingerprint density at radius 2 is 2.08 bits per heavy atom. The summed E-state index contributed by atoms with van der Waals surface area (Å²) in [6.07, 6.45) is 5.49. The monoisotopic (exact) mass is 341 g/mol. The molecule has 5 nitrogen and oxygen atoms in total. The van der Waals surface area contributed by atoms with Crippen molar-refractivity contribution in [2.45, 2.75) is 58.0 Å². The van der Waals surface area contributed by atoms with Crippen LogP contribution >= 0.6 is 0 Å². The first-order valence-corrected chi connectivity index (χ1v) is 9.43. The van der Waals surface area contributed by atoms with E-state index in [1.807, 2.05) is 4.90 Å². The van der Waals surface area contributed by atoms with E-state index < -0.39 is 0 Å². The minimum Gasteiger partial charge on any atom is -0.375 e. The predicted molar refractivity (Wildman–Crippen MR) is 97.6 cm³/mol. The molecule has 5 heteroatoms. The van der Waals surface area contributed by atoms with Crippen LogP contribution in [0.3, 0.4) is 0 Å². The Bertz CT molecular complexity index is 780. The van der Waals surface area contributed by atoms with Crippen molar-refractivity contribution in [3.63, 3.8) is 0 Å². The number of likely N-dealkylation sites (tertiary alicyclic amines) is 1. The van der Waals surface area contributed by atoms with Gasteiger partial charge >= 0.3 is 0 Å². The summed E-state index contributed by atoms with van der Waals surface area (Å²) in [6, 6.07) is 4.18. The average Bonchev–Trinajstić information content (AvgIpc) is 3.24. The second-order valence-electron chi connectivity index (χ2n) is 7.60. The van der Waals surface area contributed by atoms with Crippen LogP contribution in [-0.4, -0.2) is 46.1 Å². The van der Waals surface area contributed by atoms with Crippen LogP contribution in [0.5, 0.6) is 0 Å². The topological polar surface area (TPSA) is 58.2 Å². The number of nitrogens with one attached hydrogen (secondary N) is 1. The first-order valence-electron chi connectivity index (χ1n) is 9.43. The van der Waals surface area contributed by atoms with Crippen LogP contribution in [0.1, 0.15) is 49.1 Å². The lowest BCUT2D eigenvalue weighted by molar-refractivity contribution is -0.136. The Kier molecular flexibility index (Phi) is 4.28. The number of piperidine rings is 1. The molecule has 2 aliphatic heterocycles. The number of aromatic amines is 1.